The van der Waals surface area contributed by atoms with Crippen LogP contribution in [0.25, 0.3) is 22.3 Å². The summed E-state index contributed by atoms with van der Waals surface area (Å²) >= 11 is 1.54. The van der Waals surface area contributed by atoms with Crippen LogP contribution in [-0.2, 0) is 29.1 Å². The predicted octanol–water partition coefficient (Wildman–Crippen LogP) is 2.60. The molecular formula is C22H19FN2O5S. The molecule has 0 bridgehead atoms. The van der Waals surface area contributed by atoms with Crippen LogP contribution in [0.1, 0.15) is 28.4 Å². The topological polar surface area (TPSA) is 90.7 Å². The van der Waals surface area contributed by atoms with E-state index in [1.807, 2.05) is 0 Å². The molecule has 2 aliphatic rings. The number of halogens is 1. The summed E-state index contributed by atoms with van der Waals surface area (Å²) in [5.41, 5.74) is 3.61. The lowest BCUT2D eigenvalue weighted by Crippen LogP contribution is -2.26. The quantitative estimate of drug-likeness (QED) is 0.475. The number of aryl methyl sites for hydroxylation is 1. The van der Waals surface area contributed by atoms with Gasteiger partial charge in [-0.25, -0.2) is 9.37 Å². The Labute approximate surface area is 180 Å². The molecule has 1 atom stereocenters. The summed E-state index contributed by atoms with van der Waals surface area (Å²) in [5.74, 6) is 0.487. The minimum atomic E-state index is -1.45. The number of aliphatic hydroxyl groups is 1. The van der Waals surface area contributed by atoms with Gasteiger partial charge in [-0.2, -0.15) is 0 Å². The van der Waals surface area contributed by atoms with Gasteiger partial charge < -0.3 is 23.9 Å². The van der Waals surface area contributed by atoms with Crippen LogP contribution in [-0.4, -0.2) is 40.9 Å². The maximum absolute atomic E-state index is 14.7. The lowest BCUT2D eigenvalue weighted by atomic mass is 9.97. The Kier molecular flexibility index (Phi) is 4.84. The van der Waals surface area contributed by atoms with Crippen LogP contribution < -0.4 is 10.3 Å². The van der Waals surface area contributed by atoms with Gasteiger partial charge in [0, 0.05) is 41.0 Å². The van der Waals surface area contributed by atoms with E-state index >= 15 is 0 Å². The maximum Gasteiger partial charge on any atom is 0.257 e. The lowest BCUT2D eigenvalue weighted by Gasteiger charge is -2.21. The number of thioether (sulfide) groups is 1. The highest BCUT2D eigenvalue weighted by molar-refractivity contribution is 7.99. The molecule has 3 aromatic rings. The zero-order valence-electron chi connectivity index (χ0n) is 16.9. The van der Waals surface area contributed by atoms with E-state index in [0.717, 1.165) is 33.6 Å². The van der Waals surface area contributed by atoms with Gasteiger partial charge in [0.05, 0.1) is 42.1 Å². The Bertz CT molecular complexity index is 1320. The average Bonchev–Trinajstić information content (AvgIpc) is 3.14. The third kappa shape index (κ3) is 2.84. The van der Waals surface area contributed by atoms with Crippen LogP contribution in [0.5, 0.6) is 5.75 Å². The molecule has 7 nitrogen and oxygen atoms in total. The summed E-state index contributed by atoms with van der Waals surface area (Å²) in [6, 6.07) is 2.97. The number of ether oxygens (including phenoxy) is 2. The van der Waals surface area contributed by atoms with Crippen molar-refractivity contribution < 1.29 is 23.8 Å². The molecule has 1 N–H and O–H groups in total. The number of hydrogen-bond acceptors (Lipinski definition) is 7. The van der Waals surface area contributed by atoms with Crippen LogP contribution >= 0.6 is 11.8 Å². The second kappa shape index (κ2) is 7.44. The van der Waals surface area contributed by atoms with Crippen molar-refractivity contribution in [3.8, 4) is 17.1 Å². The van der Waals surface area contributed by atoms with E-state index in [4.69, 9.17) is 14.5 Å². The highest BCUT2D eigenvalue weighted by Crippen LogP contribution is 2.47. The van der Waals surface area contributed by atoms with E-state index in [2.05, 4.69) is 0 Å². The first-order valence-electron chi connectivity index (χ1n) is 9.74. The normalized spacial score (nSPS) is 15.0. The third-order valence-electron chi connectivity index (χ3n) is 5.89. The van der Waals surface area contributed by atoms with E-state index in [1.54, 1.807) is 10.6 Å². The molecule has 5 rings (SSSR count). The van der Waals surface area contributed by atoms with Crippen LogP contribution in [0.4, 0.5) is 4.39 Å². The fraction of sp³-hybridized carbons (Fsp3) is 0.318. The van der Waals surface area contributed by atoms with Gasteiger partial charge >= 0.3 is 0 Å². The number of aliphatic hydroxyl groups excluding tert-OH is 1. The number of carbonyl (C=O) groups is 1. The van der Waals surface area contributed by atoms with E-state index in [0.29, 0.717) is 29.7 Å². The Hall–Kier alpha value is -2.75. The first-order chi connectivity index (χ1) is 15.0. The second-order valence-electron chi connectivity index (χ2n) is 7.50. The number of aromatic nitrogens is 2. The number of rotatable bonds is 5. The average molecular weight is 442 g/mol. The Balaban J connectivity index is 1.83. The van der Waals surface area contributed by atoms with Crippen LogP contribution in [0.3, 0.4) is 0 Å². The molecule has 1 aromatic carbocycles. The zero-order valence-corrected chi connectivity index (χ0v) is 17.7. The minimum Gasteiger partial charge on any atom is -0.492 e. The van der Waals surface area contributed by atoms with Crippen LogP contribution in [0.2, 0.25) is 0 Å². The molecule has 1 unspecified atom stereocenters. The highest BCUT2D eigenvalue weighted by atomic mass is 32.2. The summed E-state index contributed by atoms with van der Waals surface area (Å²) in [6.45, 7) is 0.293. The molecule has 0 saturated heterocycles. The number of nitrogens with zero attached hydrogens (tertiary/aromatic N) is 2. The van der Waals surface area contributed by atoms with E-state index in [9.17, 15) is 19.1 Å². The highest BCUT2D eigenvalue weighted by Gasteiger charge is 2.32. The van der Waals surface area contributed by atoms with E-state index < -0.39 is 11.9 Å². The van der Waals surface area contributed by atoms with Crippen molar-refractivity contribution in [3.63, 3.8) is 0 Å². The van der Waals surface area contributed by atoms with Crippen molar-refractivity contribution in [1.29, 1.82) is 0 Å². The van der Waals surface area contributed by atoms with Crippen molar-refractivity contribution in [2.45, 2.75) is 30.6 Å². The van der Waals surface area contributed by atoms with Gasteiger partial charge in [-0.3, -0.25) is 4.79 Å². The molecule has 0 radical (unpaired) electrons. The molecule has 9 heteroatoms. The first-order valence-corrected chi connectivity index (χ1v) is 10.7. The molecule has 0 spiro atoms. The summed E-state index contributed by atoms with van der Waals surface area (Å²) in [6.07, 6.45) is -0.314. The van der Waals surface area contributed by atoms with Gasteiger partial charge in [-0.05, 0) is 18.1 Å². The number of methoxy groups -OCH3 is 2. The molecule has 0 fully saturated rings. The van der Waals surface area contributed by atoms with Crippen LogP contribution in [0, 0.1) is 5.82 Å². The number of pyridine rings is 2. The molecule has 2 aliphatic heterocycles. The summed E-state index contributed by atoms with van der Waals surface area (Å²) < 4.78 is 26.7. The molecule has 0 saturated carbocycles. The summed E-state index contributed by atoms with van der Waals surface area (Å²) in [7, 11) is 2.89. The number of aldehydes is 1. The number of carbonyl (C=O) groups excluding carboxylic acids is 1. The molecule has 31 heavy (non-hydrogen) atoms. The van der Waals surface area contributed by atoms with Crippen molar-refractivity contribution in [1.82, 2.24) is 9.55 Å². The van der Waals surface area contributed by atoms with Crippen molar-refractivity contribution in [2.75, 3.05) is 20.0 Å². The largest absolute Gasteiger partial charge is 0.492 e. The predicted molar refractivity (Wildman–Crippen MR) is 113 cm³/mol. The summed E-state index contributed by atoms with van der Waals surface area (Å²) in [5, 5.41) is 11.1. The van der Waals surface area contributed by atoms with Crippen molar-refractivity contribution >= 4 is 29.0 Å². The molecule has 4 heterocycles. The fourth-order valence-corrected chi connectivity index (χ4v) is 5.74. The molecule has 0 aliphatic carbocycles. The minimum absolute atomic E-state index is 0.0266. The standard InChI is InChI=1S/C22H19FN2O5S/c1-29-9-13-11(17(27)8-26)5-16-19-12(7-25(16)22(13)28)10-3-4-31-21-18(10)15(24-19)6-14(23)20(21)30-2/h5-6,8,17,27H,3-4,7,9H2,1-2H3. The molecular weight excluding hydrogens is 423 g/mol. The number of hydrogen-bond donors (Lipinski definition) is 1. The Morgan fingerprint density at radius 2 is 2.16 bits per heavy atom. The monoisotopic (exact) mass is 442 g/mol. The SMILES string of the molecule is COCc1c(C(O)C=O)cc2n(c1=O)Cc1c-2nc2cc(F)c(OC)c3c2c1CCS3. The Morgan fingerprint density at radius 1 is 1.35 bits per heavy atom. The maximum atomic E-state index is 14.7. The van der Waals surface area contributed by atoms with Crippen LogP contribution in [0.15, 0.2) is 21.8 Å². The fourth-order valence-electron chi connectivity index (χ4n) is 4.54. The van der Waals surface area contributed by atoms with E-state index in [1.165, 1.54) is 32.0 Å². The Morgan fingerprint density at radius 3 is 2.87 bits per heavy atom. The lowest BCUT2D eigenvalue weighted by molar-refractivity contribution is -0.115. The van der Waals surface area contributed by atoms with Crippen molar-refractivity contribution in [2.24, 2.45) is 0 Å². The smallest absolute Gasteiger partial charge is 0.257 e. The number of benzene rings is 1. The van der Waals surface area contributed by atoms with Gasteiger partial charge in [0.2, 0.25) is 0 Å². The van der Waals surface area contributed by atoms with E-state index in [-0.39, 0.29) is 29.0 Å². The first kappa shape index (κ1) is 20.2. The molecule has 0 amide bonds. The van der Waals surface area contributed by atoms with Gasteiger partial charge in [-0.1, -0.05) is 0 Å². The molecule has 160 valence electrons. The summed E-state index contributed by atoms with van der Waals surface area (Å²) in [4.78, 5) is 29.9. The number of fused-ring (bicyclic) bond motifs is 4. The third-order valence-corrected chi connectivity index (χ3v) is 6.97. The van der Waals surface area contributed by atoms with Gasteiger partial charge in [-0.15, -0.1) is 11.8 Å². The van der Waals surface area contributed by atoms with Gasteiger partial charge in [0.25, 0.3) is 5.56 Å². The zero-order chi connectivity index (χ0) is 21.9. The molecule has 2 aromatic heterocycles. The second-order valence-corrected chi connectivity index (χ2v) is 8.60. The van der Waals surface area contributed by atoms with Gasteiger partial charge in [0.1, 0.15) is 6.10 Å². The van der Waals surface area contributed by atoms with Gasteiger partial charge in [0.15, 0.2) is 17.9 Å². The van der Waals surface area contributed by atoms with Crippen molar-refractivity contribution in [3.05, 3.63) is 50.6 Å².